The van der Waals surface area contributed by atoms with Crippen molar-refractivity contribution in [3.8, 4) is 0 Å². The molecule has 19 heavy (non-hydrogen) atoms. The first-order valence-electron chi connectivity index (χ1n) is 7.02. The Morgan fingerprint density at radius 1 is 1.32 bits per heavy atom. The van der Waals surface area contributed by atoms with Crippen molar-refractivity contribution in [3.63, 3.8) is 0 Å². The Balaban J connectivity index is 2.04. The molecule has 1 aliphatic heterocycles. The highest BCUT2D eigenvalue weighted by molar-refractivity contribution is 7.88. The van der Waals surface area contributed by atoms with E-state index in [0.29, 0.717) is 19.5 Å². The van der Waals surface area contributed by atoms with E-state index in [1.165, 1.54) is 10.6 Å². The summed E-state index contributed by atoms with van der Waals surface area (Å²) < 4.78 is 24.7. The van der Waals surface area contributed by atoms with Gasteiger partial charge < -0.3 is 5.11 Å². The maximum Gasteiger partial charge on any atom is 0.309 e. The van der Waals surface area contributed by atoms with Crippen molar-refractivity contribution < 1.29 is 18.3 Å². The van der Waals surface area contributed by atoms with E-state index in [9.17, 15) is 18.3 Å². The largest absolute Gasteiger partial charge is 0.481 e. The number of piperidine rings is 1. The van der Waals surface area contributed by atoms with Crippen LogP contribution in [0.4, 0.5) is 0 Å². The van der Waals surface area contributed by atoms with Gasteiger partial charge in [0.2, 0.25) is 10.0 Å². The number of carboxylic acids is 1. The summed E-state index contributed by atoms with van der Waals surface area (Å²) in [6.45, 7) is 1.07. The van der Waals surface area contributed by atoms with Gasteiger partial charge >= 0.3 is 5.97 Å². The molecule has 110 valence electrons. The Labute approximate surface area is 115 Å². The third-order valence-corrected chi connectivity index (χ3v) is 5.91. The third-order valence-electron chi connectivity index (χ3n) is 4.64. The smallest absolute Gasteiger partial charge is 0.309 e. The molecular formula is C13H23NO4S. The molecule has 2 fully saturated rings. The van der Waals surface area contributed by atoms with Crippen LogP contribution in [0.2, 0.25) is 0 Å². The Kier molecular flexibility index (Phi) is 4.20. The minimum atomic E-state index is -3.15. The Hall–Kier alpha value is -0.620. The number of carbonyl (C=O) groups is 1. The van der Waals surface area contributed by atoms with E-state index in [0.717, 1.165) is 38.5 Å². The van der Waals surface area contributed by atoms with Crippen LogP contribution in [0.1, 0.15) is 44.9 Å². The zero-order chi connectivity index (χ0) is 14.1. The van der Waals surface area contributed by atoms with Crippen molar-refractivity contribution in [2.75, 3.05) is 19.3 Å². The second-order valence-electron chi connectivity index (χ2n) is 6.13. The Morgan fingerprint density at radius 2 is 1.95 bits per heavy atom. The molecule has 0 aromatic rings. The van der Waals surface area contributed by atoms with Crippen molar-refractivity contribution in [2.45, 2.75) is 44.9 Å². The molecule has 0 bridgehead atoms. The quantitative estimate of drug-likeness (QED) is 0.854. The van der Waals surface area contributed by atoms with Crippen LogP contribution < -0.4 is 0 Å². The van der Waals surface area contributed by atoms with E-state index in [-0.39, 0.29) is 5.92 Å². The molecule has 1 N–H and O–H groups in total. The molecule has 1 saturated heterocycles. The molecule has 0 spiro atoms. The highest BCUT2D eigenvalue weighted by Crippen LogP contribution is 2.44. The van der Waals surface area contributed by atoms with Crippen molar-refractivity contribution >= 4 is 16.0 Å². The summed E-state index contributed by atoms with van der Waals surface area (Å²) in [5, 5.41) is 9.49. The fourth-order valence-electron chi connectivity index (χ4n) is 3.60. The molecule has 1 aliphatic carbocycles. The number of carboxylic acid groups (broad SMARTS) is 1. The first-order valence-corrected chi connectivity index (χ1v) is 8.87. The van der Waals surface area contributed by atoms with Crippen LogP contribution in [0, 0.1) is 11.3 Å². The molecular weight excluding hydrogens is 266 g/mol. The zero-order valence-electron chi connectivity index (χ0n) is 11.5. The zero-order valence-corrected chi connectivity index (χ0v) is 12.3. The number of sulfonamides is 1. The average Bonchev–Trinajstić information content (AvgIpc) is 2.78. The van der Waals surface area contributed by atoms with E-state index >= 15 is 0 Å². The van der Waals surface area contributed by atoms with Gasteiger partial charge in [-0.3, -0.25) is 4.79 Å². The molecule has 0 aromatic carbocycles. The second kappa shape index (κ2) is 5.40. The van der Waals surface area contributed by atoms with Gasteiger partial charge in [0, 0.05) is 13.1 Å². The van der Waals surface area contributed by atoms with E-state index in [1.807, 2.05) is 0 Å². The van der Waals surface area contributed by atoms with Crippen LogP contribution >= 0.6 is 0 Å². The molecule has 0 aromatic heterocycles. The minimum Gasteiger partial charge on any atom is -0.481 e. The lowest BCUT2D eigenvalue weighted by atomic mass is 9.76. The minimum absolute atomic E-state index is 0.192. The highest BCUT2D eigenvalue weighted by Gasteiger charge is 2.43. The molecule has 1 unspecified atom stereocenters. The summed E-state index contributed by atoms with van der Waals surface area (Å²) in [4.78, 5) is 11.5. The topological polar surface area (TPSA) is 74.7 Å². The maximum atomic E-state index is 11.6. The number of hydrogen-bond donors (Lipinski definition) is 1. The lowest BCUT2D eigenvalue weighted by Gasteiger charge is -2.35. The lowest BCUT2D eigenvalue weighted by Crippen LogP contribution is -2.42. The van der Waals surface area contributed by atoms with Gasteiger partial charge in [0.1, 0.15) is 0 Å². The van der Waals surface area contributed by atoms with Crippen molar-refractivity contribution in [2.24, 2.45) is 11.3 Å². The van der Waals surface area contributed by atoms with Gasteiger partial charge in [0.05, 0.1) is 11.7 Å². The van der Waals surface area contributed by atoms with Crippen molar-refractivity contribution in [1.29, 1.82) is 0 Å². The molecule has 5 nitrogen and oxygen atoms in total. The maximum absolute atomic E-state index is 11.6. The average molecular weight is 289 g/mol. The molecule has 6 heteroatoms. The fraction of sp³-hybridized carbons (Fsp3) is 0.923. The van der Waals surface area contributed by atoms with Gasteiger partial charge in [-0.2, -0.15) is 0 Å². The number of aliphatic carboxylic acids is 1. The van der Waals surface area contributed by atoms with E-state index in [2.05, 4.69) is 0 Å². The summed E-state index contributed by atoms with van der Waals surface area (Å²) in [6, 6.07) is 0. The standard InChI is InChI=1S/C13H23NO4S/c1-19(17,18)14-8-4-5-11(10-14)9-13(12(15)16)6-2-3-7-13/h11H,2-10H2,1H3,(H,15,16). The summed E-state index contributed by atoms with van der Waals surface area (Å²) >= 11 is 0. The van der Waals surface area contributed by atoms with Gasteiger partial charge in [-0.15, -0.1) is 0 Å². The number of hydrogen-bond acceptors (Lipinski definition) is 3. The van der Waals surface area contributed by atoms with Crippen LogP contribution in [0.3, 0.4) is 0 Å². The molecule has 2 aliphatic rings. The van der Waals surface area contributed by atoms with Gasteiger partial charge in [-0.1, -0.05) is 12.8 Å². The Bertz CT molecular complexity index is 440. The summed E-state index contributed by atoms with van der Waals surface area (Å²) in [5.41, 5.74) is -0.592. The molecule has 1 heterocycles. The summed E-state index contributed by atoms with van der Waals surface area (Å²) in [7, 11) is -3.15. The predicted octanol–water partition coefficient (Wildman–Crippen LogP) is 1.69. The first-order chi connectivity index (χ1) is 8.83. The molecule has 1 atom stereocenters. The normalized spacial score (nSPS) is 28.4. The fourth-order valence-corrected chi connectivity index (χ4v) is 4.55. The predicted molar refractivity (Wildman–Crippen MR) is 72.3 cm³/mol. The summed E-state index contributed by atoms with van der Waals surface area (Å²) in [5.74, 6) is -0.501. The second-order valence-corrected chi connectivity index (χ2v) is 8.11. The van der Waals surface area contributed by atoms with Crippen molar-refractivity contribution in [3.05, 3.63) is 0 Å². The number of rotatable bonds is 4. The van der Waals surface area contributed by atoms with Gasteiger partial charge in [0.25, 0.3) is 0 Å². The van der Waals surface area contributed by atoms with Gasteiger partial charge in [-0.05, 0) is 38.0 Å². The van der Waals surface area contributed by atoms with Crippen LogP contribution in [0.15, 0.2) is 0 Å². The van der Waals surface area contributed by atoms with Crippen molar-refractivity contribution in [1.82, 2.24) is 4.31 Å². The monoisotopic (exact) mass is 289 g/mol. The highest BCUT2D eigenvalue weighted by atomic mass is 32.2. The van der Waals surface area contributed by atoms with Crippen LogP contribution in [0.5, 0.6) is 0 Å². The van der Waals surface area contributed by atoms with Crippen LogP contribution in [0.25, 0.3) is 0 Å². The molecule has 0 radical (unpaired) electrons. The van der Waals surface area contributed by atoms with Gasteiger partial charge in [0.15, 0.2) is 0 Å². The summed E-state index contributed by atoms with van der Waals surface area (Å²) in [6.07, 6.45) is 7.11. The third kappa shape index (κ3) is 3.28. The SMILES string of the molecule is CS(=O)(=O)N1CCCC(CC2(C(=O)O)CCCC2)C1. The molecule has 1 saturated carbocycles. The van der Waals surface area contributed by atoms with Crippen LogP contribution in [-0.4, -0.2) is 43.1 Å². The Morgan fingerprint density at radius 3 is 2.47 bits per heavy atom. The molecule has 2 rings (SSSR count). The molecule has 0 amide bonds. The van der Waals surface area contributed by atoms with E-state index in [4.69, 9.17) is 0 Å². The van der Waals surface area contributed by atoms with E-state index < -0.39 is 21.4 Å². The van der Waals surface area contributed by atoms with Crippen LogP contribution in [-0.2, 0) is 14.8 Å². The first kappa shape index (κ1) is 14.8. The van der Waals surface area contributed by atoms with Gasteiger partial charge in [-0.25, -0.2) is 12.7 Å². The number of nitrogens with zero attached hydrogens (tertiary/aromatic N) is 1. The van der Waals surface area contributed by atoms with E-state index in [1.54, 1.807) is 0 Å². The lowest BCUT2D eigenvalue weighted by molar-refractivity contribution is -0.150.